The van der Waals surface area contributed by atoms with Crippen molar-refractivity contribution in [3.8, 4) is 34.3 Å². The van der Waals surface area contributed by atoms with Crippen LogP contribution < -0.4 is 14.2 Å². The number of methoxy groups -OCH3 is 1. The molecule has 0 fully saturated rings. The molecule has 0 radical (unpaired) electrons. The van der Waals surface area contributed by atoms with E-state index in [-0.39, 0.29) is 34.2 Å². The molecule has 4 rings (SSSR count). The SMILES string of the molecule is COc1c(Oc2cc(C(F)(F)F)c(F)cc2-c2cc(OCc3ccccc3)c([S+](C)[O-])c(C)n2)ccc(F)c1F. The summed E-state index contributed by atoms with van der Waals surface area (Å²) in [6.07, 6.45) is -3.70. The van der Waals surface area contributed by atoms with E-state index in [1.807, 2.05) is 6.07 Å². The van der Waals surface area contributed by atoms with Gasteiger partial charge in [-0.2, -0.15) is 17.6 Å². The largest absolute Gasteiger partial charge is 0.611 e. The fourth-order valence-electron chi connectivity index (χ4n) is 3.92. The molecule has 12 heteroatoms. The number of halogens is 6. The van der Waals surface area contributed by atoms with Gasteiger partial charge in [-0.3, -0.25) is 0 Å². The van der Waals surface area contributed by atoms with E-state index < -0.39 is 57.6 Å². The summed E-state index contributed by atoms with van der Waals surface area (Å²) in [4.78, 5) is 4.56. The van der Waals surface area contributed by atoms with Gasteiger partial charge in [0.2, 0.25) is 16.5 Å². The van der Waals surface area contributed by atoms with Crippen molar-refractivity contribution < 1.29 is 45.1 Å². The van der Waals surface area contributed by atoms with Crippen LogP contribution in [-0.4, -0.2) is 22.9 Å². The number of rotatable bonds is 8. The van der Waals surface area contributed by atoms with Crippen LogP contribution in [0.5, 0.6) is 23.0 Å². The molecule has 0 N–H and O–H groups in total. The normalized spacial score (nSPS) is 12.2. The molecule has 3 aromatic carbocycles. The van der Waals surface area contributed by atoms with Crippen molar-refractivity contribution in [2.24, 2.45) is 0 Å². The van der Waals surface area contributed by atoms with Gasteiger partial charge in [-0.05, 0) is 47.9 Å². The van der Waals surface area contributed by atoms with E-state index in [1.165, 1.54) is 19.2 Å². The van der Waals surface area contributed by atoms with E-state index in [4.69, 9.17) is 14.2 Å². The molecular formula is C28H21F6NO4S. The van der Waals surface area contributed by atoms with E-state index in [0.29, 0.717) is 18.2 Å². The minimum Gasteiger partial charge on any atom is -0.611 e. The molecule has 1 unspecified atom stereocenters. The van der Waals surface area contributed by atoms with Crippen LogP contribution in [0, 0.1) is 24.4 Å². The standard InChI is InChI=1S/C28H21F6NO4S/c1-15-27(40(3)36)24(38-14-16-7-5-4-6-8-16)13-21(35-15)17-11-20(30)18(28(32,33)34)12-23(17)39-22-10-9-19(29)25(31)26(22)37-2/h4-13H,14H2,1-3H3. The van der Waals surface area contributed by atoms with Gasteiger partial charge in [0.25, 0.3) is 0 Å². The average molecular weight is 582 g/mol. The van der Waals surface area contributed by atoms with Gasteiger partial charge < -0.3 is 18.8 Å². The van der Waals surface area contributed by atoms with Gasteiger partial charge in [0.15, 0.2) is 17.3 Å². The Bertz CT molecular complexity index is 1530. The molecule has 40 heavy (non-hydrogen) atoms. The predicted octanol–water partition coefficient (Wildman–Crippen LogP) is 7.61. The van der Waals surface area contributed by atoms with Crippen molar-refractivity contribution >= 4 is 11.2 Å². The summed E-state index contributed by atoms with van der Waals surface area (Å²) in [6.45, 7) is 1.57. The topological polar surface area (TPSA) is 63.6 Å². The summed E-state index contributed by atoms with van der Waals surface area (Å²) in [7, 11) is 1.02. The number of aryl methyl sites for hydroxylation is 1. The minimum absolute atomic E-state index is 0.0602. The molecular weight excluding hydrogens is 560 g/mol. The second kappa shape index (κ2) is 11.7. The lowest BCUT2D eigenvalue weighted by Gasteiger charge is -2.19. The Labute approximate surface area is 228 Å². The van der Waals surface area contributed by atoms with Gasteiger partial charge in [-0.1, -0.05) is 30.3 Å². The second-order valence-corrected chi connectivity index (χ2v) is 9.79. The number of ether oxygens (including phenoxy) is 3. The number of alkyl halides is 3. The first kappa shape index (κ1) is 29.1. The van der Waals surface area contributed by atoms with Gasteiger partial charge in [0, 0.05) is 11.6 Å². The van der Waals surface area contributed by atoms with Crippen molar-refractivity contribution in [1.82, 2.24) is 4.98 Å². The van der Waals surface area contributed by atoms with E-state index in [2.05, 4.69) is 4.98 Å². The molecule has 4 aromatic rings. The third kappa shape index (κ3) is 6.13. The molecule has 0 aliphatic heterocycles. The number of benzene rings is 3. The van der Waals surface area contributed by atoms with Crippen molar-refractivity contribution in [1.29, 1.82) is 0 Å². The van der Waals surface area contributed by atoms with E-state index in [9.17, 15) is 30.9 Å². The third-order valence-corrected chi connectivity index (χ3v) is 6.79. The van der Waals surface area contributed by atoms with Crippen molar-refractivity contribution in [3.63, 3.8) is 0 Å². The molecule has 0 bridgehead atoms. The Balaban J connectivity index is 1.89. The minimum atomic E-state index is -5.10. The highest BCUT2D eigenvalue weighted by Gasteiger charge is 2.36. The van der Waals surface area contributed by atoms with Crippen LogP contribution in [0.1, 0.15) is 16.8 Å². The van der Waals surface area contributed by atoms with Gasteiger partial charge in [-0.25, -0.2) is 13.8 Å². The quantitative estimate of drug-likeness (QED) is 0.158. The maximum absolute atomic E-state index is 14.8. The van der Waals surface area contributed by atoms with Crippen LogP contribution in [0.3, 0.4) is 0 Å². The van der Waals surface area contributed by atoms with Gasteiger partial charge >= 0.3 is 6.18 Å². The third-order valence-electron chi connectivity index (χ3n) is 5.72. The lowest BCUT2D eigenvalue weighted by Crippen LogP contribution is -2.10. The molecule has 0 saturated carbocycles. The van der Waals surface area contributed by atoms with Crippen LogP contribution >= 0.6 is 0 Å². The molecule has 5 nitrogen and oxygen atoms in total. The summed E-state index contributed by atoms with van der Waals surface area (Å²) in [5.74, 6) is -5.99. The maximum atomic E-state index is 14.8. The zero-order chi connectivity index (χ0) is 29.2. The molecule has 0 spiro atoms. The maximum Gasteiger partial charge on any atom is 0.419 e. The van der Waals surface area contributed by atoms with Crippen molar-refractivity contribution in [2.45, 2.75) is 24.6 Å². The Morgan fingerprint density at radius 3 is 2.23 bits per heavy atom. The molecule has 0 amide bonds. The lowest BCUT2D eigenvalue weighted by molar-refractivity contribution is -0.140. The molecule has 1 heterocycles. The monoisotopic (exact) mass is 581 g/mol. The van der Waals surface area contributed by atoms with Crippen molar-refractivity contribution in [2.75, 3.05) is 13.4 Å². The van der Waals surface area contributed by atoms with Crippen LogP contribution in [0.2, 0.25) is 0 Å². The van der Waals surface area contributed by atoms with Crippen LogP contribution in [0.4, 0.5) is 26.3 Å². The van der Waals surface area contributed by atoms with E-state index >= 15 is 0 Å². The zero-order valence-electron chi connectivity index (χ0n) is 21.2. The highest BCUT2D eigenvalue weighted by Crippen LogP contribution is 2.44. The molecule has 1 aromatic heterocycles. The van der Waals surface area contributed by atoms with Gasteiger partial charge in [0.05, 0.1) is 24.1 Å². The fraction of sp³-hybridized carbons (Fsp3) is 0.179. The van der Waals surface area contributed by atoms with Gasteiger partial charge in [0.1, 0.15) is 24.4 Å². The summed E-state index contributed by atoms with van der Waals surface area (Å²) in [5, 5.41) is 0. The molecule has 0 aliphatic rings. The average Bonchev–Trinajstić information content (AvgIpc) is 2.89. The van der Waals surface area contributed by atoms with Gasteiger partial charge in [-0.15, -0.1) is 0 Å². The summed E-state index contributed by atoms with van der Waals surface area (Å²) < 4.78 is 112. The predicted molar refractivity (Wildman–Crippen MR) is 135 cm³/mol. The first-order valence-corrected chi connectivity index (χ1v) is 13.1. The molecule has 1 atom stereocenters. The fourth-order valence-corrected chi connectivity index (χ4v) is 4.78. The second-order valence-electron chi connectivity index (χ2n) is 8.47. The van der Waals surface area contributed by atoms with Crippen molar-refractivity contribution in [3.05, 3.63) is 94.9 Å². The smallest absolute Gasteiger partial charge is 0.419 e. The number of nitrogens with zero attached hydrogens (tertiary/aromatic N) is 1. The first-order chi connectivity index (χ1) is 18.9. The number of hydrogen-bond donors (Lipinski definition) is 0. The summed E-state index contributed by atoms with van der Waals surface area (Å²) in [5.41, 5.74) is -1.02. The molecule has 0 aliphatic carbocycles. The number of aromatic nitrogens is 1. The van der Waals surface area contributed by atoms with Crippen LogP contribution in [0.25, 0.3) is 11.3 Å². The van der Waals surface area contributed by atoms with Crippen LogP contribution in [-0.2, 0) is 24.0 Å². The highest BCUT2D eigenvalue weighted by molar-refractivity contribution is 7.90. The Morgan fingerprint density at radius 2 is 1.60 bits per heavy atom. The van der Waals surface area contributed by atoms with E-state index in [1.54, 1.807) is 24.3 Å². The number of hydrogen-bond acceptors (Lipinski definition) is 5. The summed E-state index contributed by atoms with van der Waals surface area (Å²) >= 11 is -1.58. The highest BCUT2D eigenvalue weighted by atomic mass is 32.2. The number of pyridine rings is 1. The molecule has 210 valence electrons. The first-order valence-electron chi connectivity index (χ1n) is 11.5. The summed E-state index contributed by atoms with van der Waals surface area (Å²) in [6, 6.07) is 12.9. The molecule has 0 saturated heterocycles. The zero-order valence-corrected chi connectivity index (χ0v) is 22.1. The Kier molecular flexibility index (Phi) is 8.50. The Morgan fingerprint density at radius 1 is 0.900 bits per heavy atom. The Hall–Kier alpha value is -3.90. The van der Waals surface area contributed by atoms with Crippen LogP contribution in [0.15, 0.2) is 65.6 Å². The van der Waals surface area contributed by atoms with E-state index in [0.717, 1.165) is 18.7 Å². The lowest BCUT2D eigenvalue weighted by atomic mass is 10.0.